The van der Waals surface area contributed by atoms with Crippen LogP contribution in [0.2, 0.25) is 0 Å². The van der Waals surface area contributed by atoms with Gasteiger partial charge in [0.2, 0.25) is 5.91 Å². The fourth-order valence-corrected chi connectivity index (χ4v) is 3.88. The van der Waals surface area contributed by atoms with Crippen molar-refractivity contribution in [1.82, 2.24) is 20.1 Å². The van der Waals surface area contributed by atoms with Crippen LogP contribution < -0.4 is 15.4 Å². The lowest BCUT2D eigenvalue weighted by Gasteiger charge is -2.12. The standard InChI is InChI=1S/C24H27N5O5S/c1-15-6-5-7-16(2)22(15)34-13-20(30)25-12-19-27-28-24(29(19)3)35-14-21(31)26-18-10-8-17(9-11-18)23(32)33-4/h5-11H,12-14H2,1-4H3,(H,25,30)(H,26,31). The molecule has 11 heteroatoms. The van der Waals surface area contributed by atoms with Gasteiger partial charge in [-0.2, -0.15) is 0 Å². The first-order chi connectivity index (χ1) is 16.8. The van der Waals surface area contributed by atoms with Crippen LogP contribution in [-0.2, 0) is 27.9 Å². The second-order valence-corrected chi connectivity index (χ2v) is 8.59. The van der Waals surface area contributed by atoms with Crippen molar-refractivity contribution in [3.05, 3.63) is 65.0 Å². The zero-order valence-corrected chi connectivity index (χ0v) is 20.8. The highest BCUT2D eigenvalue weighted by Crippen LogP contribution is 2.22. The van der Waals surface area contributed by atoms with E-state index in [1.807, 2.05) is 32.0 Å². The SMILES string of the molecule is COC(=O)c1ccc(NC(=O)CSc2nnc(CNC(=O)COc3c(C)cccc3C)n2C)cc1. The Kier molecular flexibility index (Phi) is 8.85. The lowest BCUT2D eigenvalue weighted by molar-refractivity contribution is -0.123. The minimum Gasteiger partial charge on any atom is -0.483 e. The molecule has 1 heterocycles. The number of amides is 2. The summed E-state index contributed by atoms with van der Waals surface area (Å²) in [4.78, 5) is 36.0. The summed E-state index contributed by atoms with van der Waals surface area (Å²) in [5, 5.41) is 14.2. The number of hydrogen-bond acceptors (Lipinski definition) is 8. The predicted molar refractivity (Wildman–Crippen MR) is 131 cm³/mol. The molecule has 35 heavy (non-hydrogen) atoms. The number of nitrogens with one attached hydrogen (secondary N) is 2. The molecule has 2 aromatic carbocycles. The minimum atomic E-state index is -0.443. The molecule has 3 aromatic rings. The van der Waals surface area contributed by atoms with Gasteiger partial charge in [0.25, 0.3) is 5.91 Å². The molecular weight excluding hydrogens is 470 g/mol. The van der Waals surface area contributed by atoms with Gasteiger partial charge < -0.3 is 24.7 Å². The van der Waals surface area contributed by atoms with Gasteiger partial charge in [0.05, 0.1) is 25.0 Å². The van der Waals surface area contributed by atoms with Gasteiger partial charge in [-0.15, -0.1) is 10.2 Å². The molecule has 0 spiro atoms. The normalized spacial score (nSPS) is 10.5. The van der Waals surface area contributed by atoms with Crippen LogP contribution in [0, 0.1) is 13.8 Å². The molecule has 0 saturated heterocycles. The van der Waals surface area contributed by atoms with Crippen molar-refractivity contribution in [2.45, 2.75) is 25.5 Å². The van der Waals surface area contributed by atoms with Crippen molar-refractivity contribution < 1.29 is 23.9 Å². The molecule has 0 aliphatic carbocycles. The van der Waals surface area contributed by atoms with Gasteiger partial charge in [0, 0.05) is 12.7 Å². The molecule has 3 rings (SSSR count). The van der Waals surface area contributed by atoms with Crippen LogP contribution in [0.15, 0.2) is 47.6 Å². The Hall–Kier alpha value is -3.86. The first-order valence-corrected chi connectivity index (χ1v) is 11.7. The van der Waals surface area contributed by atoms with E-state index >= 15 is 0 Å². The fraction of sp³-hybridized carbons (Fsp3) is 0.292. The van der Waals surface area contributed by atoms with Crippen LogP contribution in [0.25, 0.3) is 0 Å². The Balaban J connectivity index is 1.45. The molecule has 0 bridgehead atoms. The van der Waals surface area contributed by atoms with Gasteiger partial charge in [0.15, 0.2) is 17.6 Å². The molecule has 0 radical (unpaired) electrons. The number of aromatic nitrogens is 3. The van der Waals surface area contributed by atoms with E-state index in [0.29, 0.717) is 28.0 Å². The maximum atomic E-state index is 12.3. The maximum Gasteiger partial charge on any atom is 0.337 e. The average Bonchev–Trinajstić information content (AvgIpc) is 3.20. The number of rotatable bonds is 10. The minimum absolute atomic E-state index is 0.105. The first-order valence-electron chi connectivity index (χ1n) is 10.7. The summed E-state index contributed by atoms with van der Waals surface area (Å²) < 4.78 is 12.0. The Labute approximate surface area is 207 Å². The topological polar surface area (TPSA) is 124 Å². The van der Waals surface area contributed by atoms with Gasteiger partial charge in [-0.3, -0.25) is 9.59 Å². The van der Waals surface area contributed by atoms with Crippen LogP contribution in [-0.4, -0.2) is 52.0 Å². The molecule has 0 aliphatic rings. The monoisotopic (exact) mass is 497 g/mol. The van der Waals surface area contributed by atoms with Crippen LogP contribution in [0.3, 0.4) is 0 Å². The van der Waals surface area contributed by atoms with Gasteiger partial charge in [-0.1, -0.05) is 30.0 Å². The molecule has 0 saturated carbocycles. The molecule has 2 amide bonds. The number of para-hydroxylation sites is 1. The number of carbonyl (C=O) groups is 3. The molecule has 0 atom stereocenters. The number of methoxy groups -OCH3 is 1. The number of nitrogens with zero attached hydrogens (tertiary/aromatic N) is 3. The summed E-state index contributed by atoms with van der Waals surface area (Å²) >= 11 is 1.22. The Morgan fingerprint density at radius 1 is 1.00 bits per heavy atom. The second kappa shape index (κ2) is 12.0. The number of hydrogen-bond donors (Lipinski definition) is 2. The lowest BCUT2D eigenvalue weighted by atomic mass is 10.1. The third-order valence-corrected chi connectivity index (χ3v) is 6.07. The maximum absolute atomic E-state index is 12.3. The van der Waals surface area contributed by atoms with Gasteiger partial charge >= 0.3 is 5.97 Å². The van der Waals surface area contributed by atoms with Gasteiger partial charge in [-0.05, 0) is 49.2 Å². The van der Waals surface area contributed by atoms with Gasteiger partial charge in [0.1, 0.15) is 5.75 Å². The third kappa shape index (κ3) is 7.06. The highest BCUT2D eigenvalue weighted by atomic mass is 32.2. The van der Waals surface area contributed by atoms with E-state index < -0.39 is 5.97 Å². The predicted octanol–water partition coefficient (Wildman–Crippen LogP) is 2.64. The van der Waals surface area contributed by atoms with Crippen molar-refractivity contribution in [2.24, 2.45) is 7.05 Å². The lowest BCUT2D eigenvalue weighted by Crippen LogP contribution is -2.29. The van der Waals surface area contributed by atoms with E-state index in [9.17, 15) is 14.4 Å². The summed E-state index contributed by atoms with van der Waals surface area (Å²) in [6.45, 7) is 3.93. The molecule has 0 aliphatic heterocycles. The molecule has 0 fully saturated rings. The molecule has 2 N–H and O–H groups in total. The van der Waals surface area contributed by atoms with E-state index in [-0.39, 0.29) is 30.7 Å². The zero-order valence-electron chi connectivity index (χ0n) is 20.0. The summed E-state index contributed by atoms with van der Waals surface area (Å²) in [5.41, 5.74) is 2.90. The summed E-state index contributed by atoms with van der Waals surface area (Å²) in [5.74, 6) is 0.413. The van der Waals surface area contributed by atoms with Crippen molar-refractivity contribution >= 4 is 35.2 Å². The quantitative estimate of drug-likeness (QED) is 0.324. The van der Waals surface area contributed by atoms with E-state index in [1.54, 1.807) is 35.9 Å². The number of aryl methyl sites for hydroxylation is 2. The van der Waals surface area contributed by atoms with Crippen LogP contribution >= 0.6 is 11.8 Å². The van der Waals surface area contributed by atoms with E-state index in [1.165, 1.54) is 18.9 Å². The molecular formula is C24H27N5O5S. The van der Waals surface area contributed by atoms with Gasteiger partial charge in [-0.25, -0.2) is 4.79 Å². The zero-order chi connectivity index (χ0) is 25.4. The Morgan fingerprint density at radius 3 is 2.34 bits per heavy atom. The second-order valence-electron chi connectivity index (χ2n) is 7.65. The Morgan fingerprint density at radius 2 is 1.69 bits per heavy atom. The van der Waals surface area contributed by atoms with E-state index in [2.05, 4.69) is 25.6 Å². The van der Waals surface area contributed by atoms with Crippen LogP contribution in [0.1, 0.15) is 27.3 Å². The number of ether oxygens (including phenoxy) is 2. The van der Waals surface area contributed by atoms with E-state index in [4.69, 9.17) is 4.74 Å². The van der Waals surface area contributed by atoms with Crippen LogP contribution in [0.4, 0.5) is 5.69 Å². The smallest absolute Gasteiger partial charge is 0.337 e. The third-order valence-electron chi connectivity index (χ3n) is 5.05. The summed E-state index contributed by atoms with van der Waals surface area (Å²) in [7, 11) is 3.07. The molecule has 10 nitrogen and oxygen atoms in total. The Bertz CT molecular complexity index is 1190. The van der Waals surface area contributed by atoms with Crippen LogP contribution in [0.5, 0.6) is 5.75 Å². The number of esters is 1. The highest BCUT2D eigenvalue weighted by Gasteiger charge is 2.14. The number of anilines is 1. The van der Waals surface area contributed by atoms with Crippen molar-refractivity contribution in [1.29, 1.82) is 0 Å². The molecule has 1 aromatic heterocycles. The average molecular weight is 498 g/mol. The summed E-state index contributed by atoms with van der Waals surface area (Å²) in [6.07, 6.45) is 0. The van der Waals surface area contributed by atoms with Crippen molar-refractivity contribution in [2.75, 3.05) is 24.8 Å². The number of thioether (sulfide) groups is 1. The van der Waals surface area contributed by atoms with Crippen molar-refractivity contribution in [3.8, 4) is 5.75 Å². The van der Waals surface area contributed by atoms with Crippen molar-refractivity contribution in [3.63, 3.8) is 0 Å². The fourth-order valence-electron chi connectivity index (χ4n) is 3.15. The molecule has 184 valence electrons. The molecule has 0 unspecified atom stereocenters. The first kappa shape index (κ1) is 25.8. The largest absolute Gasteiger partial charge is 0.483 e. The van der Waals surface area contributed by atoms with E-state index in [0.717, 1.165) is 11.1 Å². The number of benzene rings is 2. The number of carbonyl (C=O) groups excluding carboxylic acids is 3. The summed E-state index contributed by atoms with van der Waals surface area (Å²) in [6, 6.07) is 12.2. The highest BCUT2D eigenvalue weighted by molar-refractivity contribution is 7.99.